The molecular formula is C22H23F2N5O3. The van der Waals surface area contributed by atoms with E-state index in [1.807, 2.05) is 4.90 Å². The molecule has 1 aliphatic rings. The number of carbonyl (C=O) groups excluding carboxylic acids is 1. The third-order valence-corrected chi connectivity index (χ3v) is 5.47. The van der Waals surface area contributed by atoms with E-state index in [1.54, 1.807) is 31.3 Å². The molecule has 8 nitrogen and oxygen atoms in total. The lowest BCUT2D eigenvalue weighted by Gasteiger charge is -2.35. The van der Waals surface area contributed by atoms with Crippen molar-refractivity contribution in [3.63, 3.8) is 0 Å². The monoisotopic (exact) mass is 443 g/mol. The Hall–Kier alpha value is -3.69. The van der Waals surface area contributed by atoms with E-state index >= 15 is 0 Å². The third kappa shape index (κ3) is 4.20. The molecule has 1 amide bonds. The third-order valence-electron chi connectivity index (χ3n) is 5.47. The summed E-state index contributed by atoms with van der Waals surface area (Å²) in [5.41, 5.74) is 7.23. The van der Waals surface area contributed by atoms with E-state index in [-0.39, 0.29) is 12.3 Å². The molecule has 2 aromatic carbocycles. The summed E-state index contributed by atoms with van der Waals surface area (Å²) in [4.78, 5) is 25.3. The van der Waals surface area contributed by atoms with Crippen molar-refractivity contribution >= 4 is 28.6 Å². The molecule has 1 aliphatic heterocycles. The zero-order valence-corrected chi connectivity index (χ0v) is 17.8. The van der Waals surface area contributed by atoms with Gasteiger partial charge in [-0.3, -0.25) is 4.79 Å². The van der Waals surface area contributed by atoms with Crippen molar-refractivity contribution in [2.75, 3.05) is 51.0 Å². The highest BCUT2D eigenvalue weighted by Crippen LogP contribution is 2.34. The van der Waals surface area contributed by atoms with Crippen molar-refractivity contribution in [1.82, 2.24) is 14.9 Å². The molecule has 0 bridgehead atoms. The van der Waals surface area contributed by atoms with Crippen LogP contribution in [0.3, 0.4) is 0 Å². The van der Waals surface area contributed by atoms with E-state index in [1.165, 1.54) is 6.07 Å². The lowest BCUT2D eigenvalue weighted by Crippen LogP contribution is -2.49. The van der Waals surface area contributed by atoms with E-state index in [0.717, 1.165) is 12.1 Å². The van der Waals surface area contributed by atoms with Gasteiger partial charge in [-0.2, -0.15) is 4.98 Å². The van der Waals surface area contributed by atoms with Crippen LogP contribution in [0.4, 0.5) is 20.5 Å². The molecule has 2 heterocycles. The Morgan fingerprint density at radius 3 is 2.34 bits per heavy atom. The van der Waals surface area contributed by atoms with E-state index in [0.29, 0.717) is 65.9 Å². The number of hydrogen-bond acceptors (Lipinski definition) is 7. The number of methoxy groups -OCH3 is 2. The number of aromatic nitrogens is 2. The number of halogens is 2. The summed E-state index contributed by atoms with van der Waals surface area (Å²) in [5.74, 6) is -0.169. The maximum atomic E-state index is 13.4. The molecule has 1 fully saturated rings. The second-order valence-electron chi connectivity index (χ2n) is 7.43. The highest BCUT2D eigenvalue weighted by Gasteiger charge is 2.24. The Labute approximate surface area is 183 Å². The zero-order valence-electron chi connectivity index (χ0n) is 17.8. The van der Waals surface area contributed by atoms with Crippen LogP contribution in [-0.4, -0.2) is 61.2 Å². The smallest absolute Gasteiger partial charge is 0.228 e. The Bertz CT molecular complexity index is 1170. The van der Waals surface area contributed by atoms with Gasteiger partial charge in [0.2, 0.25) is 11.9 Å². The van der Waals surface area contributed by atoms with Gasteiger partial charge in [0.05, 0.1) is 26.2 Å². The molecule has 0 saturated carbocycles. The van der Waals surface area contributed by atoms with Crippen molar-refractivity contribution in [1.29, 1.82) is 0 Å². The number of nitrogen functional groups attached to an aromatic ring is 1. The van der Waals surface area contributed by atoms with Crippen molar-refractivity contribution in [2.24, 2.45) is 0 Å². The van der Waals surface area contributed by atoms with Crippen LogP contribution >= 0.6 is 0 Å². The molecule has 0 unspecified atom stereocenters. The number of ether oxygens (including phenoxy) is 2. The maximum absolute atomic E-state index is 13.4. The van der Waals surface area contributed by atoms with Crippen molar-refractivity contribution in [3.05, 3.63) is 47.5 Å². The Morgan fingerprint density at radius 2 is 1.69 bits per heavy atom. The number of amides is 1. The average molecular weight is 443 g/mol. The highest BCUT2D eigenvalue weighted by molar-refractivity contribution is 5.91. The van der Waals surface area contributed by atoms with E-state index in [4.69, 9.17) is 15.2 Å². The first kappa shape index (κ1) is 21.5. The summed E-state index contributed by atoms with van der Waals surface area (Å²) in [6, 6.07) is 6.99. The number of rotatable bonds is 5. The summed E-state index contributed by atoms with van der Waals surface area (Å²) in [7, 11) is 3.09. The zero-order chi connectivity index (χ0) is 22.8. The van der Waals surface area contributed by atoms with Gasteiger partial charge in [-0.05, 0) is 23.8 Å². The van der Waals surface area contributed by atoms with Crippen molar-refractivity contribution < 1.29 is 23.0 Å². The van der Waals surface area contributed by atoms with Gasteiger partial charge >= 0.3 is 0 Å². The molecule has 4 rings (SSSR count). The number of hydrogen-bond donors (Lipinski definition) is 1. The first-order valence-corrected chi connectivity index (χ1v) is 10.1. The lowest BCUT2D eigenvalue weighted by atomic mass is 10.1. The summed E-state index contributed by atoms with van der Waals surface area (Å²) >= 11 is 0. The molecule has 1 saturated heterocycles. The van der Waals surface area contributed by atoms with Gasteiger partial charge in [-0.25, -0.2) is 13.8 Å². The SMILES string of the molecule is COc1cc2nc(N3CCN(C(=O)Cc4ccc(F)c(F)c4)CC3)nc(N)c2cc1OC. The van der Waals surface area contributed by atoms with Crippen LogP contribution in [-0.2, 0) is 11.2 Å². The molecule has 0 spiro atoms. The second kappa shape index (κ2) is 8.81. The average Bonchev–Trinajstić information content (AvgIpc) is 2.80. The van der Waals surface area contributed by atoms with Gasteiger partial charge in [-0.1, -0.05) is 6.07 Å². The van der Waals surface area contributed by atoms with Gasteiger partial charge in [0.15, 0.2) is 23.1 Å². The lowest BCUT2D eigenvalue weighted by molar-refractivity contribution is -0.130. The largest absolute Gasteiger partial charge is 0.493 e. The minimum absolute atomic E-state index is 0.0122. The van der Waals surface area contributed by atoms with Gasteiger partial charge in [0.25, 0.3) is 0 Å². The summed E-state index contributed by atoms with van der Waals surface area (Å²) in [6.45, 7) is 1.94. The first-order valence-electron chi connectivity index (χ1n) is 10.1. The minimum Gasteiger partial charge on any atom is -0.493 e. The second-order valence-corrected chi connectivity index (χ2v) is 7.43. The van der Waals surface area contributed by atoms with Gasteiger partial charge < -0.3 is 25.0 Å². The molecule has 0 radical (unpaired) electrons. The summed E-state index contributed by atoms with van der Waals surface area (Å²) in [6.07, 6.45) is 0.0122. The Morgan fingerprint density at radius 1 is 1.00 bits per heavy atom. The first-order chi connectivity index (χ1) is 15.4. The van der Waals surface area contributed by atoms with Crippen LogP contribution < -0.4 is 20.1 Å². The van der Waals surface area contributed by atoms with E-state index in [9.17, 15) is 13.6 Å². The number of anilines is 2. The number of benzene rings is 2. The number of nitrogens with zero attached hydrogens (tertiary/aromatic N) is 4. The molecule has 0 aliphatic carbocycles. The molecule has 10 heteroatoms. The van der Waals surface area contributed by atoms with Gasteiger partial charge in [-0.15, -0.1) is 0 Å². The molecule has 3 aromatic rings. The van der Waals surface area contributed by atoms with Gasteiger partial charge in [0, 0.05) is 37.6 Å². The molecule has 1 aromatic heterocycles. The van der Waals surface area contributed by atoms with Gasteiger partial charge in [0.1, 0.15) is 5.82 Å². The number of nitrogens with two attached hydrogens (primary N) is 1. The normalized spacial score (nSPS) is 14.0. The van der Waals surface area contributed by atoms with Crippen LogP contribution in [0, 0.1) is 11.6 Å². The molecule has 0 atom stereocenters. The highest BCUT2D eigenvalue weighted by atomic mass is 19.2. The Kier molecular flexibility index (Phi) is 5.93. The summed E-state index contributed by atoms with van der Waals surface area (Å²) in [5, 5.41) is 0.659. The van der Waals surface area contributed by atoms with Crippen molar-refractivity contribution in [3.8, 4) is 11.5 Å². The molecule has 32 heavy (non-hydrogen) atoms. The Balaban J connectivity index is 1.46. The fourth-order valence-electron chi connectivity index (χ4n) is 3.70. The van der Waals surface area contributed by atoms with Crippen LogP contribution in [0.15, 0.2) is 30.3 Å². The predicted molar refractivity (Wildman–Crippen MR) is 116 cm³/mol. The van der Waals surface area contributed by atoms with Crippen LogP contribution in [0.1, 0.15) is 5.56 Å². The number of piperazine rings is 1. The quantitative estimate of drug-likeness (QED) is 0.647. The fraction of sp³-hybridized carbons (Fsp3) is 0.318. The molecule has 2 N–H and O–H groups in total. The van der Waals surface area contributed by atoms with Crippen LogP contribution in [0.5, 0.6) is 11.5 Å². The minimum atomic E-state index is -0.958. The van der Waals surface area contributed by atoms with Crippen molar-refractivity contribution in [2.45, 2.75) is 6.42 Å². The van der Waals surface area contributed by atoms with Crippen LogP contribution in [0.2, 0.25) is 0 Å². The fourth-order valence-corrected chi connectivity index (χ4v) is 3.70. The number of fused-ring (bicyclic) bond motifs is 1. The number of carbonyl (C=O) groups is 1. The summed E-state index contributed by atoms with van der Waals surface area (Å²) < 4.78 is 37.1. The predicted octanol–water partition coefficient (Wildman–Crippen LogP) is 2.40. The molecular weight excluding hydrogens is 420 g/mol. The van der Waals surface area contributed by atoms with E-state index < -0.39 is 11.6 Å². The molecule has 168 valence electrons. The maximum Gasteiger partial charge on any atom is 0.228 e. The van der Waals surface area contributed by atoms with E-state index in [2.05, 4.69) is 9.97 Å². The standard InChI is InChI=1S/C22H23F2N5O3/c1-31-18-11-14-17(12-19(18)32-2)26-22(27-21(14)25)29-7-5-28(6-8-29)20(30)10-13-3-4-15(23)16(24)9-13/h3-4,9,11-12H,5-8,10H2,1-2H3,(H2,25,26,27). The van der Waals surface area contributed by atoms with Crippen LogP contribution in [0.25, 0.3) is 10.9 Å². The topological polar surface area (TPSA) is 93.8 Å².